The molecule has 16 N–H and O–H groups in total. The van der Waals surface area contributed by atoms with Gasteiger partial charge in [0.15, 0.2) is 0 Å². The molecule has 0 spiro atoms. The van der Waals surface area contributed by atoms with E-state index in [9.17, 15) is 63.0 Å². The normalized spacial score (nSPS) is 18.1. The Labute approximate surface area is 465 Å². The van der Waals surface area contributed by atoms with Crippen molar-refractivity contribution < 1.29 is 63.0 Å². The smallest absolute Gasteiger partial charge is 0.326 e. The lowest BCUT2D eigenvalue weighted by atomic mass is 9.98. The van der Waals surface area contributed by atoms with Gasteiger partial charge in [0.2, 0.25) is 59.1 Å². The number of aromatic nitrogens is 2. The number of unbranched alkanes of at least 4 members (excludes halogenated alkanes) is 1. The Kier molecular flexibility index (Phi) is 25.9. The third-order valence-electron chi connectivity index (χ3n) is 13.9. The van der Waals surface area contributed by atoms with E-state index < -0.39 is 156 Å². The van der Waals surface area contributed by atoms with Gasteiger partial charge in [0, 0.05) is 31.3 Å². The van der Waals surface area contributed by atoms with Crippen molar-refractivity contribution in [1.82, 2.24) is 62.7 Å². The maximum Gasteiger partial charge on any atom is 0.326 e. The standard InChI is InChI=1S/C53H82N14O13/c1-28(2)41(49(75)59-34(53(79)80)16-10-11-19-54)64-46(72)35(22-31-14-8-7-9-15-31)61-48(74)39-18-13-21-67(39)52(78)37(24-40(55)69)62-50(76)42(29(3)4)66-51(77)43(30(5)6)65-47(73)38(26-68)63-45(71)36(23-32-25-56-27-58-32)60-44(70)33-17-12-20-57-33/h7-9,14-15,25,27-30,33-39,41-43,57,68H,10-13,16-24,26,54H2,1-6H3,(H2,55,69)(H,56,58)(H,59,75)(H,60,70)(H,61,74)(H,62,76)(H,63,71)(H,64,72)(H,65,73)(H,66,77)(H,79,80)/t33-,34-,35-,36-,37-,38-,39-,41-,42-,43-/m0/s1. The third-order valence-corrected chi connectivity index (χ3v) is 13.9. The molecule has 0 saturated carbocycles. The van der Waals surface area contributed by atoms with E-state index in [1.165, 1.54) is 12.5 Å². The van der Waals surface area contributed by atoms with Gasteiger partial charge in [0.25, 0.3) is 0 Å². The summed E-state index contributed by atoms with van der Waals surface area (Å²) < 4.78 is 0. The molecule has 27 nitrogen and oxygen atoms in total. The molecule has 2 fully saturated rings. The maximum atomic E-state index is 14.4. The number of aliphatic hydroxyl groups excluding tert-OH is 1. The van der Waals surface area contributed by atoms with E-state index in [0.717, 1.165) is 11.3 Å². The van der Waals surface area contributed by atoms with Crippen molar-refractivity contribution in [3.63, 3.8) is 0 Å². The molecule has 0 unspecified atom stereocenters. The van der Waals surface area contributed by atoms with Crippen molar-refractivity contribution in [2.45, 2.75) is 166 Å². The van der Waals surface area contributed by atoms with E-state index >= 15 is 0 Å². The van der Waals surface area contributed by atoms with Gasteiger partial charge in [-0.3, -0.25) is 47.9 Å². The zero-order valence-corrected chi connectivity index (χ0v) is 46.4. The largest absolute Gasteiger partial charge is 0.480 e. The Morgan fingerprint density at radius 2 is 1.19 bits per heavy atom. The zero-order valence-electron chi connectivity index (χ0n) is 46.4. The molecule has 442 valence electrons. The molecule has 10 atom stereocenters. The van der Waals surface area contributed by atoms with E-state index in [4.69, 9.17) is 11.5 Å². The molecule has 1 aromatic carbocycles. The molecule has 3 heterocycles. The lowest BCUT2D eigenvalue weighted by Gasteiger charge is -2.32. The highest BCUT2D eigenvalue weighted by molar-refractivity contribution is 6.00. The number of nitrogens with zero attached hydrogens (tertiary/aromatic N) is 2. The third kappa shape index (κ3) is 19.7. The molecule has 27 heteroatoms. The number of likely N-dealkylation sites (tertiary alicyclic amines) is 1. The Morgan fingerprint density at radius 1 is 0.650 bits per heavy atom. The number of carbonyl (C=O) groups excluding carboxylic acids is 10. The molecule has 2 aliphatic heterocycles. The fourth-order valence-corrected chi connectivity index (χ4v) is 9.33. The summed E-state index contributed by atoms with van der Waals surface area (Å²) in [6.45, 7) is 9.75. The minimum absolute atomic E-state index is 0.00386. The van der Waals surface area contributed by atoms with Gasteiger partial charge in [-0.1, -0.05) is 71.9 Å². The average Bonchev–Trinajstić information content (AvgIpc) is 4.25. The summed E-state index contributed by atoms with van der Waals surface area (Å²) in [7, 11) is 0. The van der Waals surface area contributed by atoms with Crippen LogP contribution in [0.15, 0.2) is 42.9 Å². The van der Waals surface area contributed by atoms with Crippen LogP contribution in [0, 0.1) is 17.8 Å². The highest BCUT2D eigenvalue weighted by Gasteiger charge is 2.42. The number of carboxylic acids is 1. The molecular weight excluding hydrogens is 1040 g/mol. The molecule has 1 aromatic heterocycles. The van der Waals surface area contributed by atoms with Crippen molar-refractivity contribution in [2.75, 3.05) is 26.2 Å². The summed E-state index contributed by atoms with van der Waals surface area (Å²) in [4.78, 5) is 157. The first kappa shape index (κ1) is 65.0. The summed E-state index contributed by atoms with van der Waals surface area (Å²) in [6.07, 6.45) is 4.87. The Bertz CT molecular complexity index is 2440. The molecule has 2 aliphatic rings. The predicted molar refractivity (Wildman–Crippen MR) is 290 cm³/mol. The predicted octanol–water partition coefficient (Wildman–Crippen LogP) is -3.13. The molecule has 0 bridgehead atoms. The highest BCUT2D eigenvalue weighted by Crippen LogP contribution is 2.21. The molecule has 2 aromatic rings. The zero-order chi connectivity index (χ0) is 59.2. The van der Waals surface area contributed by atoms with Crippen molar-refractivity contribution in [2.24, 2.45) is 29.2 Å². The van der Waals surface area contributed by atoms with Crippen LogP contribution in [-0.2, 0) is 65.6 Å². The Morgan fingerprint density at radius 3 is 1.71 bits per heavy atom. The van der Waals surface area contributed by atoms with E-state index in [2.05, 4.69) is 57.8 Å². The topological polar surface area (TPSA) is 420 Å². The van der Waals surface area contributed by atoms with E-state index in [1.54, 1.807) is 71.9 Å². The highest BCUT2D eigenvalue weighted by atomic mass is 16.4. The molecule has 0 radical (unpaired) electrons. The van der Waals surface area contributed by atoms with Crippen LogP contribution in [0.5, 0.6) is 0 Å². The minimum Gasteiger partial charge on any atom is -0.480 e. The number of nitrogens with one attached hydrogen (secondary N) is 10. The van der Waals surface area contributed by atoms with Crippen LogP contribution in [-0.4, -0.2) is 177 Å². The first-order chi connectivity index (χ1) is 37.9. The molecule has 80 heavy (non-hydrogen) atoms. The number of carboxylic acid groups (broad SMARTS) is 1. The molecule has 4 rings (SSSR count). The van der Waals surface area contributed by atoms with Crippen LogP contribution in [0.25, 0.3) is 0 Å². The number of hydrogen-bond donors (Lipinski definition) is 14. The van der Waals surface area contributed by atoms with Gasteiger partial charge < -0.3 is 79.4 Å². The number of H-pyrrole nitrogens is 1. The first-order valence-electron chi connectivity index (χ1n) is 27.3. The van der Waals surface area contributed by atoms with Crippen LogP contribution < -0.4 is 59.3 Å². The summed E-state index contributed by atoms with van der Waals surface area (Å²) >= 11 is 0. The molecule has 10 amide bonds. The van der Waals surface area contributed by atoms with Crippen LogP contribution in [0.2, 0.25) is 0 Å². The number of aliphatic hydroxyl groups is 1. The van der Waals surface area contributed by atoms with Crippen molar-refractivity contribution in [3.8, 4) is 0 Å². The lowest BCUT2D eigenvalue weighted by Crippen LogP contribution is -2.62. The van der Waals surface area contributed by atoms with Gasteiger partial charge in [-0.2, -0.15) is 0 Å². The minimum atomic E-state index is -1.64. The Balaban J connectivity index is 1.48. The van der Waals surface area contributed by atoms with Crippen molar-refractivity contribution >= 4 is 65.0 Å². The number of primary amides is 1. The number of rotatable bonds is 32. The number of amides is 10. The number of aliphatic carboxylic acids is 1. The summed E-state index contributed by atoms with van der Waals surface area (Å²) in [5.41, 5.74) is 12.3. The Hall–Kier alpha value is -7.52. The number of carbonyl (C=O) groups is 11. The number of nitrogens with two attached hydrogens (primary N) is 2. The fourth-order valence-electron chi connectivity index (χ4n) is 9.33. The summed E-state index contributed by atoms with van der Waals surface area (Å²) in [5.74, 6) is -11.2. The molecule has 2 saturated heterocycles. The second-order valence-corrected chi connectivity index (χ2v) is 21.3. The van der Waals surface area contributed by atoms with Gasteiger partial charge in [-0.25, -0.2) is 9.78 Å². The number of hydrogen-bond acceptors (Lipinski definition) is 15. The number of benzene rings is 1. The van der Waals surface area contributed by atoms with Gasteiger partial charge in [0.05, 0.1) is 25.4 Å². The second kappa shape index (κ2) is 31.9. The SMILES string of the molecule is CC(C)[C@H](NC(=O)[C@H](Cc1ccccc1)NC(=O)[C@@H]1CCCN1C(=O)[C@H](CC(N)=O)NC(=O)[C@@H](NC(=O)[C@@H](NC(=O)[C@H](CO)NC(=O)[C@H](Cc1cnc[nH]1)NC(=O)[C@@H]1CCCN1)C(C)C)C(C)C)C(=O)N[C@@H](CCCCN)C(=O)O. The van der Waals surface area contributed by atoms with Crippen molar-refractivity contribution in [3.05, 3.63) is 54.1 Å². The van der Waals surface area contributed by atoms with E-state index in [0.29, 0.717) is 50.0 Å². The van der Waals surface area contributed by atoms with E-state index in [1.807, 2.05) is 0 Å². The number of aromatic amines is 1. The summed E-state index contributed by atoms with van der Waals surface area (Å²) in [5, 5.41) is 43.9. The summed E-state index contributed by atoms with van der Waals surface area (Å²) in [6, 6.07) is -4.04. The maximum absolute atomic E-state index is 14.4. The van der Waals surface area contributed by atoms with Crippen LogP contribution in [0.3, 0.4) is 0 Å². The quantitative estimate of drug-likeness (QED) is 0.0322. The molecule has 0 aliphatic carbocycles. The van der Waals surface area contributed by atoms with Gasteiger partial charge in [-0.05, 0) is 81.4 Å². The lowest BCUT2D eigenvalue weighted by molar-refractivity contribution is -0.144. The van der Waals surface area contributed by atoms with Crippen molar-refractivity contribution in [1.29, 1.82) is 0 Å². The van der Waals surface area contributed by atoms with E-state index in [-0.39, 0.29) is 32.2 Å². The average molecular weight is 1120 g/mol. The fraction of sp³-hybridized carbons (Fsp3) is 0.623. The molecular formula is C53H82N14O13. The second-order valence-electron chi connectivity index (χ2n) is 21.3. The van der Waals surface area contributed by atoms with Crippen LogP contribution in [0.1, 0.15) is 104 Å². The monoisotopic (exact) mass is 1120 g/mol. The van der Waals surface area contributed by atoms with Gasteiger partial charge >= 0.3 is 5.97 Å². The van der Waals surface area contributed by atoms with Gasteiger partial charge in [-0.15, -0.1) is 0 Å². The van der Waals surface area contributed by atoms with Gasteiger partial charge in [0.1, 0.15) is 54.4 Å². The van der Waals surface area contributed by atoms with Crippen LogP contribution >= 0.6 is 0 Å². The number of imidazole rings is 1. The first-order valence-corrected chi connectivity index (χ1v) is 27.3. The van der Waals surface area contributed by atoms with Crippen LogP contribution in [0.4, 0.5) is 0 Å².